The number of nitrogens with zero attached hydrogens (tertiary/aromatic N) is 3. The number of aliphatic hydroxyl groups is 1. The van der Waals surface area contributed by atoms with Crippen molar-refractivity contribution in [2.24, 2.45) is 0 Å². The zero-order valence-corrected chi connectivity index (χ0v) is 11.2. The molecule has 5 N–H and O–H groups in total. The van der Waals surface area contributed by atoms with Crippen LogP contribution < -0.4 is 16.0 Å². The van der Waals surface area contributed by atoms with E-state index in [2.05, 4.69) is 36.3 Å². The Morgan fingerprint density at radius 2 is 2.33 bits per heavy atom. The van der Waals surface area contributed by atoms with Crippen LogP contribution in [0.2, 0.25) is 0 Å². The Morgan fingerprint density at radius 1 is 1.48 bits per heavy atom. The maximum atomic E-state index is 12.0. The number of carbonyl (C=O) groups is 2. The summed E-state index contributed by atoms with van der Waals surface area (Å²) in [4.78, 5) is 27.7. The van der Waals surface area contributed by atoms with E-state index < -0.39 is 17.8 Å². The highest BCUT2D eigenvalue weighted by Crippen LogP contribution is 2.27. The summed E-state index contributed by atoms with van der Waals surface area (Å²) < 4.78 is 0. The Bertz CT molecular complexity index is 721. The monoisotopic (exact) mass is 307 g/mol. The van der Waals surface area contributed by atoms with Gasteiger partial charge in [0, 0.05) is 6.20 Å². The zero-order chi connectivity index (χ0) is 14.8. The van der Waals surface area contributed by atoms with Gasteiger partial charge in [-0.2, -0.15) is 0 Å². The third-order valence-electron chi connectivity index (χ3n) is 2.61. The molecule has 0 bridgehead atoms. The Balaban J connectivity index is 1.74. The Kier molecular flexibility index (Phi) is 3.23. The number of H-pyrrole nitrogens is 1. The first-order chi connectivity index (χ1) is 10.1. The lowest BCUT2D eigenvalue weighted by atomic mass is 10.2. The van der Waals surface area contributed by atoms with Crippen LogP contribution in [0.4, 0.5) is 9.93 Å². The SMILES string of the molecule is O=C1NCC(C(=O)Nc2ncc(-c3c[nH]nn3)s2)=C(O)N1. The fourth-order valence-electron chi connectivity index (χ4n) is 1.61. The molecule has 108 valence electrons. The molecule has 10 nitrogen and oxygen atoms in total. The molecule has 2 aromatic heterocycles. The van der Waals surface area contributed by atoms with E-state index in [1.807, 2.05) is 0 Å². The van der Waals surface area contributed by atoms with Crippen molar-refractivity contribution in [3.63, 3.8) is 0 Å². The number of urea groups is 1. The number of carbonyl (C=O) groups excluding carboxylic acids is 2. The molecular weight excluding hydrogens is 298 g/mol. The van der Waals surface area contributed by atoms with Gasteiger partial charge in [0.05, 0.1) is 23.2 Å². The average Bonchev–Trinajstić information content (AvgIpc) is 3.08. The molecule has 1 aliphatic heterocycles. The number of rotatable bonds is 3. The predicted octanol–water partition coefficient (Wildman–Crippen LogP) is -0.0509. The number of hydrogen-bond donors (Lipinski definition) is 5. The fourth-order valence-corrected chi connectivity index (χ4v) is 2.38. The topological polar surface area (TPSA) is 145 Å². The van der Waals surface area contributed by atoms with Gasteiger partial charge in [-0.15, -0.1) is 5.10 Å². The Morgan fingerprint density at radius 3 is 3.05 bits per heavy atom. The summed E-state index contributed by atoms with van der Waals surface area (Å²) in [5, 5.41) is 26.9. The van der Waals surface area contributed by atoms with Crippen molar-refractivity contribution in [2.75, 3.05) is 11.9 Å². The molecule has 0 aliphatic carbocycles. The third kappa shape index (κ3) is 2.67. The second kappa shape index (κ2) is 5.20. The van der Waals surface area contributed by atoms with Crippen molar-refractivity contribution in [1.82, 2.24) is 31.0 Å². The second-order valence-corrected chi connectivity index (χ2v) is 5.01. The summed E-state index contributed by atoms with van der Waals surface area (Å²) in [5.41, 5.74) is 0.634. The number of nitrogens with one attached hydrogen (secondary N) is 4. The highest BCUT2D eigenvalue weighted by molar-refractivity contribution is 7.19. The van der Waals surface area contributed by atoms with Crippen LogP contribution in [0.1, 0.15) is 0 Å². The lowest BCUT2D eigenvalue weighted by Gasteiger charge is -2.16. The van der Waals surface area contributed by atoms with E-state index in [9.17, 15) is 14.7 Å². The molecule has 3 heterocycles. The quantitative estimate of drug-likeness (QED) is 0.537. The molecule has 0 atom stereocenters. The molecule has 0 saturated heterocycles. The van der Waals surface area contributed by atoms with Crippen molar-refractivity contribution in [2.45, 2.75) is 0 Å². The number of aromatic nitrogens is 4. The third-order valence-corrected chi connectivity index (χ3v) is 3.55. The largest absolute Gasteiger partial charge is 0.494 e. The van der Waals surface area contributed by atoms with E-state index in [1.54, 1.807) is 12.4 Å². The van der Waals surface area contributed by atoms with Gasteiger partial charge in [-0.05, 0) is 0 Å². The van der Waals surface area contributed by atoms with Gasteiger partial charge in [0.15, 0.2) is 5.13 Å². The number of aromatic amines is 1. The molecule has 0 radical (unpaired) electrons. The number of aliphatic hydroxyl groups excluding tert-OH is 1. The van der Waals surface area contributed by atoms with Gasteiger partial charge in [-0.1, -0.05) is 16.6 Å². The summed E-state index contributed by atoms with van der Waals surface area (Å²) in [5.74, 6) is -1.02. The Hall–Kier alpha value is -2.95. The molecule has 0 unspecified atom stereocenters. The molecule has 2 aromatic rings. The van der Waals surface area contributed by atoms with Crippen molar-refractivity contribution < 1.29 is 14.7 Å². The summed E-state index contributed by atoms with van der Waals surface area (Å²) in [6.45, 7) is -0.0645. The molecule has 11 heteroatoms. The van der Waals surface area contributed by atoms with Gasteiger partial charge >= 0.3 is 6.03 Å². The molecular formula is C10H9N7O3S. The first-order valence-corrected chi connectivity index (χ1v) is 6.56. The minimum absolute atomic E-state index is 0.0211. The van der Waals surface area contributed by atoms with E-state index in [0.29, 0.717) is 10.8 Å². The summed E-state index contributed by atoms with van der Waals surface area (Å²) in [7, 11) is 0. The van der Waals surface area contributed by atoms with Crippen LogP contribution in [-0.4, -0.2) is 44.0 Å². The van der Waals surface area contributed by atoms with Gasteiger partial charge in [-0.3, -0.25) is 20.5 Å². The van der Waals surface area contributed by atoms with Crippen LogP contribution in [0.5, 0.6) is 0 Å². The molecule has 0 fully saturated rings. The van der Waals surface area contributed by atoms with Gasteiger partial charge in [0.25, 0.3) is 5.91 Å². The standard InChI is InChI=1S/C10H9N7O3S/c18-7-4(1-11-9(20)14-7)8(19)15-10-12-3-6(21-10)5-2-13-17-16-5/h2-3,18H,1H2,(H2,11,14,20)(H,12,15,19)(H,13,16,17). The van der Waals surface area contributed by atoms with Crippen molar-refractivity contribution in [1.29, 1.82) is 0 Å². The fraction of sp³-hybridized carbons (Fsp3) is 0.100. The molecule has 0 aromatic carbocycles. The van der Waals surface area contributed by atoms with Crippen LogP contribution in [-0.2, 0) is 4.79 Å². The second-order valence-electron chi connectivity index (χ2n) is 3.98. The van der Waals surface area contributed by atoms with Crippen LogP contribution in [0, 0.1) is 0 Å². The Labute approximate surface area is 121 Å². The van der Waals surface area contributed by atoms with Crippen LogP contribution in [0.3, 0.4) is 0 Å². The van der Waals surface area contributed by atoms with Crippen LogP contribution >= 0.6 is 11.3 Å². The molecule has 0 saturated carbocycles. The molecule has 0 spiro atoms. The molecule has 21 heavy (non-hydrogen) atoms. The first-order valence-electron chi connectivity index (χ1n) is 5.74. The lowest BCUT2D eigenvalue weighted by molar-refractivity contribution is -0.113. The summed E-state index contributed by atoms with van der Waals surface area (Å²) in [6, 6.07) is -0.563. The van der Waals surface area contributed by atoms with Gasteiger partial charge in [0.2, 0.25) is 5.88 Å². The minimum atomic E-state index is -0.563. The van der Waals surface area contributed by atoms with Crippen molar-refractivity contribution >= 4 is 28.4 Å². The molecule has 1 aliphatic rings. The van der Waals surface area contributed by atoms with E-state index in [-0.39, 0.29) is 12.1 Å². The summed E-state index contributed by atoms with van der Waals surface area (Å²) >= 11 is 1.21. The zero-order valence-electron chi connectivity index (χ0n) is 10.4. The smallest absolute Gasteiger partial charge is 0.321 e. The van der Waals surface area contributed by atoms with E-state index in [0.717, 1.165) is 4.88 Å². The van der Waals surface area contributed by atoms with E-state index in [4.69, 9.17) is 0 Å². The highest BCUT2D eigenvalue weighted by Gasteiger charge is 2.23. The summed E-state index contributed by atoms with van der Waals surface area (Å²) in [6.07, 6.45) is 3.15. The molecule has 3 rings (SSSR count). The van der Waals surface area contributed by atoms with Crippen molar-refractivity contribution in [3.8, 4) is 10.6 Å². The van der Waals surface area contributed by atoms with Crippen molar-refractivity contribution in [3.05, 3.63) is 23.8 Å². The first kappa shape index (κ1) is 13.1. The van der Waals surface area contributed by atoms with E-state index in [1.165, 1.54) is 11.3 Å². The van der Waals surface area contributed by atoms with Gasteiger partial charge in [-0.25, -0.2) is 9.78 Å². The maximum absolute atomic E-state index is 12.0. The lowest BCUT2D eigenvalue weighted by Crippen LogP contribution is -2.44. The van der Waals surface area contributed by atoms with Crippen LogP contribution in [0.25, 0.3) is 10.6 Å². The average molecular weight is 307 g/mol. The van der Waals surface area contributed by atoms with Gasteiger partial charge in [0.1, 0.15) is 5.69 Å². The highest BCUT2D eigenvalue weighted by atomic mass is 32.1. The number of thiazole rings is 1. The van der Waals surface area contributed by atoms with Gasteiger partial charge < -0.3 is 10.4 Å². The predicted molar refractivity (Wildman–Crippen MR) is 72.3 cm³/mol. The number of hydrogen-bond acceptors (Lipinski definition) is 7. The number of anilines is 1. The minimum Gasteiger partial charge on any atom is -0.494 e. The normalized spacial score (nSPS) is 14.6. The number of amides is 3. The van der Waals surface area contributed by atoms with Crippen LogP contribution in [0.15, 0.2) is 23.8 Å². The van der Waals surface area contributed by atoms with E-state index >= 15 is 0 Å². The molecule has 3 amide bonds. The maximum Gasteiger partial charge on any atom is 0.321 e.